The van der Waals surface area contributed by atoms with Crippen LogP contribution in [-0.2, 0) is 10.2 Å². The van der Waals surface area contributed by atoms with Gasteiger partial charge < -0.3 is 10.2 Å². The predicted octanol–water partition coefficient (Wildman–Crippen LogP) is 3.06. The van der Waals surface area contributed by atoms with Gasteiger partial charge in [0.05, 0.1) is 0 Å². The van der Waals surface area contributed by atoms with Crippen molar-refractivity contribution in [1.29, 1.82) is 0 Å². The molecule has 0 aliphatic carbocycles. The molecule has 1 fully saturated rings. The lowest BCUT2D eigenvalue weighted by molar-refractivity contribution is -0.119. The molecule has 0 aromatic heterocycles. The summed E-state index contributed by atoms with van der Waals surface area (Å²) in [5, 5.41) is 2.94. The van der Waals surface area contributed by atoms with E-state index >= 15 is 0 Å². The fourth-order valence-electron chi connectivity index (χ4n) is 3.14. The average molecular weight is 329 g/mol. The van der Waals surface area contributed by atoms with E-state index < -0.39 is 0 Å². The highest BCUT2D eigenvalue weighted by atomic mass is 35.5. The van der Waals surface area contributed by atoms with Gasteiger partial charge in [-0.15, -0.1) is 23.2 Å². The topological polar surface area (TPSA) is 32.3 Å². The quantitative estimate of drug-likeness (QED) is 0.814. The number of nitrogens with one attached hydrogen (secondary N) is 1. The van der Waals surface area contributed by atoms with Crippen LogP contribution in [0.2, 0.25) is 0 Å². The fraction of sp³-hybridized carbons (Fsp3) is 0.562. The molecule has 1 aliphatic heterocycles. The van der Waals surface area contributed by atoms with Gasteiger partial charge in [-0.05, 0) is 24.1 Å². The molecule has 0 bridgehead atoms. The van der Waals surface area contributed by atoms with E-state index in [1.54, 1.807) is 0 Å². The van der Waals surface area contributed by atoms with Crippen LogP contribution in [0.3, 0.4) is 0 Å². The number of halogens is 2. The first kappa shape index (κ1) is 16.4. The van der Waals surface area contributed by atoms with Crippen molar-refractivity contribution in [3.63, 3.8) is 0 Å². The summed E-state index contributed by atoms with van der Waals surface area (Å²) in [6.07, 6.45) is 0.544. The number of alkyl halides is 2. The minimum Gasteiger partial charge on any atom is -0.369 e. The first-order chi connectivity index (χ1) is 10.0. The average Bonchev–Trinajstić information content (AvgIpc) is 2.79. The molecular formula is C16H22Cl2N2O. The van der Waals surface area contributed by atoms with Gasteiger partial charge in [-0.1, -0.05) is 19.1 Å². The Morgan fingerprint density at radius 1 is 1.29 bits per heavy atom. The zero-order valence-electron chi connectivity index (χ0n) is 12.6. The van der Waals surface area contributed by atoms with E-state index in [4.69, 9.17) is 23.2 Å². The van der Waals surface area contributed by atoms with E-state index in [0.717, 1.165) is 18.8 Å². The normalized spacial score (nSPS) is 21.4. The van der Waals surface area contributed by atoms with Gasteiger partial charge in [0.1, 0.15) is 0 Å². The maximum Gasteiger partial charge on any atom is 0.220 e. The zero-order valence-corrected chi connectivity index (χ0v) is 14.1. The maximum atomic E-state index is 11.6. The standard InChI is InChI=1S/C16H22Cl2N2O/c1-12-13(16(2)10-15(21)19-11-16)4-3-5-14(12)20(8-6-17)9-7-18/h3-5H,6-11H2,1-2H3,(H,19,21). The summed E-state index contributed by atoms with van der Waals surface area (Å²) in [5.41, 5.74) is 3.47. The second-order valence-corrected chi connectivity index (χ2v) is 6.58. The van der Waals surface area contributed by atoms with Crippen LogP contribution in [-0.4, -0.2) is 37.3 Å². The molecule has 1 amide bonds. The molecule has 3 nitrogen and oxygen atoms in total. The Labute approximate surface area is 136 Å². The minimum absolute atomic E-state index is 0.126. The van der Waals surface area contributed by atoms with Crippen molar-refractivity contribution in [2.24, 2.45) is 0 Å². The van der Waals surface area contributed by atoms with Crippen molar-refractivity contribution in [2.75, 3.05) is 36.3 Å². The van der Waals surface area contributed by atoms with Gasteiger partial charge in [0, 0.05) is 48.9 Å². The van der Waals surface area contributed by atoms with Crippen LogP contribution >= 0.6 is 23.2 Å². The monoisotopic (exact) mass is 328 g/mol. The molecule has 0 spiro atoms. The highest BCUT2D eigenvalue weighted by Gasteiger charge is 2.37. The highest BCUT2D eigenvalue weighted by Crippen LogP contribution is 2.36. The van der Waals surface area contributed by atoms with Gasteiger partial charge >= 0.3 is 0 Å². The Morgan fingerprint density at radius 3 is 2.48 bits per heavy atom. The Kier molecular flexibility index (Phi) is 5.39. The minimum atomic E-state index is -0.134. The van der Waals surface area contributed by atoms with Crippen molar-refractivity contribution in [2.45, 2.75) is 25.7 Å². The van der Waals surface area contributed by atoms with Crippen LogP contribution in [0.5, 0.6) is 0 Å². The SMILES string of the molecule is Cc1c(N(CCCl)CCCl)cccc1C1(C)CNC(=O)C1. The van der Waals surface area contributed by atoms with Crippen LogP contribution in [0.25, 0.3) is 0 Å². The van der Waals surface area contributed by atoms with Crippen molar-refractivity contribution in [3.8, 4) is 0 Å². The molecule has 1 aromatic rings. The summed E-state index contributed by atoms with van der Waals surface area (Å²) in [4.78, 5) is 13.8. The van der Waals surface area contributed by atoms with Crippen molar-refractivity contribution < 1.29 is 4.79 Å². The number of carbonyl (C=O) groups is 1. The number of carbonyl (C=O) groups excluding carboxylic acids is 1. The summed E-state index contributed by atoms with van der Waals surface area (Å²) < 4.78 is 0. The molecule has 5 heteroatoms. The number of rotatable bonds is 6. The molecule has 1 N–H and O–H groups in total. The van der Waals surface area contributed by atoms with Gasteiger partial charge in [-0.25, -0.2) is 0 Å². The number of anilines is 1. The van der Waals surface area contributed by atoms with Crippen LogP contribution in [0.15, 0.2) is 18.2 Å². The largest absolute Gasteiger partial charge is 0.369 e. The number of hydrogen-bond donors (Lipinski definition) is 1. The molecule has 1 atom stereocenters. The number of hydrogen-bond acceptors (Lipinski definition) is 2. The number of nitrogens with zero attached hydrogens (tertiary/aromatic N) is 1. The van der Waals surface area contributed by atoms with Crippen molar-refractivity contribution in [3.05, 3.63) is 29.3 Å². The second kappa shape index (κ2) is 6.89. The lowest BCUT2D eigenvalue weighted by atomic mass is 9.79. The Hall–Kier alpha value is -0.930. The van der Waals surface area contributed by atoms with E-state index in [2.05, 4.69) is 42.3 Å². The van der Waals surface area contributed by atoms with E-state index in [1.807, 2.05) is 0 Å². The van der Waals surface area contributed by atoms with E-state index in [-0.39, 0.29) is 11.3 Å². The summed E-state index contributed by atoms with van der Waals surface area (Å²) in [6.45, 7) is 6.50. The lowest BCUT2D eigenvalue weighted by Gasteiger charge is -2.30. The van der Waals surface area contributed by atoms with Gasteiger partial charge in [-0.2, -0.15) is 0 Å². The number of benzene rings is 1. The predicted molar refractivity (Wildman–Crippen MR) is 89.8 cm³/mol. The lowest BCUT2D eigenvalue weighted by Crippen LogP contribution is -2.30. The van der Waals surface area contributed by atoms with E-state index in [1.165, 1.54) is 11.1 Å². The maximum absolute atomic E-state index is 11.6. The fourth-order valence-corrected chi connectivity index (χ4v) is 3.55. The summed E-state index contributed by atoms with van der Waals surface area (Å²) in [5.74, 6) is 1.26. The molecule has 0 saturated carbocycles. The third-order valence-electron chi connectivity index (χ3n) is 4.23. The summed E-state index contributed by atoms with van der Waals surface area (Å²) >= 11 is 11.8. The summed E-state index contributed by atoms with van der Waals surface area (Å²) in [6, 6.07) is 6.28. The first-order valence-electron chi connectivity index (χ1n) is 7.25. The van der Waals surface area contributed by atoms with E-state index in [0.29, 0.717) is 24.7 Å². The van der Waals surface area contributed by atoms with E-state index in [9.17, 15) is 4.79 Å². The molecule has 2 rings (SSSR count). The van der Waals surface area contributed by atoms with Gasteiger partial charge in [0.2, 0.25) is 5.91 Å². The molecule has 116 valence electrons. The first-order valence-corrected chi connectivity index (χ1v) is 8.32. The zero-order chi connectivity index (χ0) is 15.5. The second-order valence-electron chi connectivity index (χ2n) is 5.83. The molecular weight excluding hydrogens is 307 g/mol. The Balaban J connectivity index is 2.37. The Bertz CT molecular complexity index is 515. The smallest absolute Gasteiger partial charge is 0.220 e. The van der Waals surface area contributed by atoms with Crippen molar-refractivity contribution >= 4 is 34.8 Å². The Morgan fingerprint density at radius 2 is 1.95 bits per heavy atom. The van der Waals surface area contributed by atoms with Crippen LogP contribution in [0.4, 0.5) is 5.69 Å². The van der Waals surface area contributed by atoms with Gasteiger partial charge in [0.25, 0.3) is 0 Å². The van der Waals surface area contributed by atoms with Crippen LogP contribution in [0, 0.1) is 6.92 Å². The van der Waals surface area contributed by atoms with Crippen LogP contribution < -0.4 is 10.2 Å². The van der Waals surface area contributed by atoms with Gasteiger partial charge in [0.15, 0.2) is 0 Å². The van der Waals surface area contributed by atoms with Gasteiger partial charge in [-0.3, -0.25) is 4.79 Å². The van der Waals surface area contributed by atoms with Crippen LogP contribution in [0.1, 0.15) is 24.5 Å². The number of amides is 1. The molecule has 1 aromatic carbocycles. The molecule has 1 heterocycles. The third-order valence-corrected chi connectivity index (χ3v) is 4.57. The van der Waals surface area contributed by atoms with Crippen molar-refractivity contribution in [1.82, 2.24) is 5.32 Å². The summed E-state index contributed by atoms with van der Waals surface area (Å²) in [7, 11) is 0. The third kappa shape index (κ3) is 3.46. The highest BCUT2D eigenvalue weighted by molar-refractivity contribution is 6.18. The molecule has 0 radical (unpaired) electrons. The molecule has 1 saturated heterocycles. The molecule has 1 unspecified atom stereocenters. The molecule has 1 aliphatic rings. The molecule has 21 heavy (non-hydrogen) atoms.